The number of hydrogen-bond donors (Lipinski definition) is 2. The minimum atomic E-state index is -0.153. The van der Waals surface area contributed by atoms with Crippen molar-refractivity contribution in [3.8, 4) is 0 Å². The number of nitrogens with one attached hydrogen (secondary N) is 2. The lowest BCUT2D eigenvalue weighted by molar-refractivity contribution is -0.118. The summed E-state index contributed by atoms with van der Waals surface area (Å²) in [4.78, 5) is 12.5. The average molecular weight is 280 g/mol. The second-order valence-electron chi connectivity index (χ2n) is 7.94. The molecule has 0 fully saturated rings. The van der Waals surface area contributed by atoms with Gasteiger partial charge in [0.15, 0.2) is 0 Å². The van der Waals surface area contributed by atoms with Crippen LogP contribution in [-0.4, -0.2) is 18.5 Å². The second kappa shape index (κ2) is 6.19. The maximum absolute atomic E-state index is 12.5. The number of unbranched alkanes of at least 4 members (excludes halogenated alkanes) is 1. The summed E-state index contributed by atoms with van der Waals surface area (Å²) in [5.74, 6) is 0.0916. The SMILES string of the molecule is CCCCC1CNC(=O)C(C(C)(C)C)=C(C(C)(C)C)N1. The molecule has 3 heteroatoms. The number of allylic oxidation sites excluding steroid dienone is 1. The summed E-state index contributed by atoms with van der Waals surface area (Å²) in [5, 5.41) is 6.78. The Morgan fingerprint density at radius 2 is 1.70 bits per heavy atom. The van der Waals surface area contributed by atoms with E-state index in [4.69, 9.17) is 0 Å². The highest BCUT2D eigenvalue weighted by molar-refractivity contribution is 5.95. The normalized spacial score (nSPS) is 21.4. The lowest BCUT2D eigenvalue weighted by Gasteiger charge is -2.33. The van der Waals surface area contributed by atoms with Crippen LogP contribution in [0.2, 0.25) is 0 Å². The van der Waals surface area contributed by atoms with E-state index in [1.54, 1.807) is 0 Å². The molecule has 1 unspecified atom stereocenters. The van der Waals surface area contributed by atoms with Gasteiger partial charge in [0.05, 0.1) is 0 Å². The number of rotatable bonds is 3. The molecule has 0 aromatic rings. The summed E-state index contributed by atoms with van der Waals surface area (Å²) in [6.45, 7) is 15.8. The first-order chi connectivity index (χ1) is 9.07. The van der Waals surface area contributed by atoms with Crippen LogP contribution < -0.4 is 10.6 Å². The average Bonchev–Trinajstić information content (AvgIpc) is 2.44. The summed E-state index contributed by atoms with van der Waals surface area (Å²) in [7, 11) is 0. The van der Waals surface area contributed by atoms with Crippen LogP contribution in [0.4, 0.5) is 0 Å². The Hall–Kier alpha value is -0.990. The van der Waals surface area contributed by atoms with Gasteiger partial charge in [0, 0.05) is 29.3 Å². The molecule has 1 atom stereocenters. The molecule has 1 amide bonds. The molecule has 0 saturated heterocycles. The van der Waals surface area contributed by atoms with Crippen LogP contribution >= 0.6 is 0 Å². The van der Waals surface area contributed by atoms with Crippen molar-refractivity contribution >= 4 is 5.91 Å². The molecular weight excluding hydrogens is 248 g/mol. The van der Waals surface area contributed by atoms with Gasteiger partial charge in [-0.3, -0.25) is 4.79 Å². The van der Waals surface area contributed by atoms with Gasteiger partial charge in [-0.15, -0.1) is 0 Å². The topological polar surface area (TPSA) is 41.1 Å². The molecule has 20 heavy (non-hydrogen) atoms. The maximum atomic E-state index is 12.5. The van der Waals surface area contributed by atoms with Crippen molar-refractivity contribution in [2.75, 3.05) is 6.54 Å². The van der Waals surface area contributed by atoms with E-state index < -0.39 is 0 Å². The molecular formula is C17H32N2O. The zero-order valence-corrected chi connectivity index (χ0v) is 14.3. The first-order valence-electron chi connectivity index (χ1n) is 7.87. The van der Waals surface area contributed by atoms with E-state index in [1.165, 1.54) is 12.8 Å². The number of carbonyl (C=O) groups is 1. The molecule has 0 aliphatic carbocycles. The van der Waals surface area contributed by atoms with Crippen molar-refractivity contribution in [1.82, 2.24) is 10.6 Å². The van der Waals surface area contributed by atoms with Crippen molar-refractivity contribution in [2.24, 2.45) is 10.8 Å². The van der Waals surface area contributed by atoms with E-state index in [-0.39, 0.29) is 16.7 Å². The van der Waals surface area contributed by atoms with Crippen LogP contribution in [0, 0.1) is 10.8 Å². The van der Waals surface area contributed by atoms with Gasteiger partial charge in [-0.25, -0.2) is 0 Å². The first kappa shape index (κ1) is 17.1. The lowest BCUT2D eigenvalue weighted by atomic mass is 9.78. The fourth-order valence-electron chi connectivity index (χ4n) is 2.68. The highest BCUT2D eigenvalue weighted by Gasteiger charge is 2.35. The molecule has 2 N–H and O–H groups in total. The summed E-state index contributed by atoms with van der Waals surface area (Å²) in [5.41, 5.74) is 1.82. The van der Waals surface area contributed by atoms with E-state index in [9.17, 15) is 4.79 Å². The second-order valence-corrected chi connectivity index (χ2v) is 7.94. The van der Waals surface area contributed by atoms with Gasteiger partial charge in [0.2, 0.25) is 5.91 Å². The molecule has 1 aliphatic heterocycles. The molecule has 116 valence electrons. The third kappa shape index (κ3) is 4.26. The summed E-state index contributed by atoms with van der Waals surface area (Å²) >= 11 is 0. The van der Waals surface area contributed by atoms with Crippen LogP contribution in [0.3, 0.4) is 0 Å². The Morgan fingerprint density at radius 3 is 2.15 bits per heavy atom. The fourth-order valence-corrected chi connectivity index (χ4v) is 2.68. The molecule has 1 rings (SSSR count). The number of amides is 1. The zero-order chi connectivity index (χ0) is 15.6. The van der Waals surface area contributed by atoms with E-state index in [0.29, 0.717) is 6.04 Å². The van der Waals surface area contributed by atoms with Gasteiger partial charge in [-0.05, 0) is 11.8 Å². The Balaban J connectivity index is 3.19. The van der Waals surface area contributed by atoms with Gasteiger partial charge in [-0.2, -0.15) is 0 Å². The Kier molecular flexibility index (Phi) is 5.28. The molecule has 1 heterocycles. The Bertz CT molecular complexity index is 383. The third-order valence-corrected chi connectivity index (χ3v) is 3.74. The summed E-state index contributed by atoms with van der Waals surface area (Å²) in [6, 6.07) is 0.341. The van der Waals surface area contributed by atoms with Crippen molar-refractivity contribution in [3.05, 3.63) is 11.3 Å². The van der Waals surface area contributed by atoms with Crippen LogP contribution in [0.1, 0.15) is 67.7 Å². The number of carbonyl (C=O) groups excluding carboxylic acids is 1. The predicted octanol–water partition coefficient (Wildman–Crippen LogP) is 3.61. The molecule has 1 aliphatic rings. The monoisotopic (exact) mass is 280 g/mol. The van der Waals surface area contributed by atoms with Gasteiger partial charge in [0.1, 0.15) is 0 Å². The predicted molar refractivity (Wildman–Crippen MR) is 85.4 cm³/mol. The van der Waals surface area contributed by atoms with Crippen LogP contribution in [-0.2, 0) is 4.79 Å². The summed E-state index contributed by atoms with van der Waals surface area (Å²) in [6.07, 6.45) is 3.48. The van der Waals surface area contributed by atoms with Gasteiger partial charge < -0.3 is 10.6 Å². The van der Waals surface area contributed by atoms with Crippen molar-refractivity contribution in [2.45, 2.75) is 73.8 Å². The molecule has 0 spiro atoms. The number of hydrogen-bond acceptors (Lipinski definition) is 2. The molecule has 0 bridgehead atoms. The smallest absolute Gasteiger partial charge is 0.249 e. The molecule has 0 aromatic carbocycles. The van der Waals surface area contributed by atoms with Crippen LogP contribution in [0.15, 0.2) is 11.3 Å². The van der Waals surface area contributed by atoms with Crippen LogP contribution in [0.25, 0.3) is 0 Å². The van der Waals surface area contributed by atoms with E-state index in [0.717, 1.165) is 24.2 Å². The molecule has 0 radical (unpaired) electrons. The third-order valence-electron chi connectivity index (χ3n) is 3.74. The zero-order valence-electron chi connectivity index (χ0n) is 14.3. The van der Waals surface area contributed by atoms with Gasteiger partial charge in [0.25, 0.3) is 0 Å². The minimum absolute atomic E-state index is 0.0469. The molecule has 0 saturated carbocycles. The van der Waals surface area contributed by atoms with E-state index >= 15 is 0 Å². The van der Waals surface area contributed by atoms with Crippen molar-refractivity contribution in [3.63, 3.8) is 0 Å². The summed E-state index contributed by atoms with van der Waals surface area (Å²) < 4.78 is 0. The van der Waals surface area contributed by atoms with Gasteiger partial charge >= 0.3 is 0 Å². The molecule has 0 aromatic heterocycles. The quantitative estimate of drug-likeness (QED) is 0.829. The van der Waals surface area contributed by atoms with Crippen molar-refractivity contribution < 1.29 is 4.79 Å². The van der Waals surface area contributed by atoms with Gasteiger partial charge in [-0.1, -0.05) is 61.3 Å². The maximum Gasteiger partial charge on any atom is 0.249 e. The van der Waals surface area contributed by atoms with Crippen LogP contribution in [0.5, 0.6) is 0 Å². The lowest BCUT2D eigenvalue weighted by Crippen LogP contribution is -2.38. The largest absolute Gasteiger partial charge is 0.383 e. The van der Waals surface area contributed by atoms with Crippen molar-refractivity contribution in [1.29, 1.82) is 0 Å². The Labute approximate surface area is 124 Å². The minimum Gasteiger partial charge on any atom is -0.383 e. The highest BCUT2D eigenvalue weighted by Crippen LogP contribution is 2.36. The molecule has 3 nitrogen and oxygen atoms in total. The first-order valence-corrected chi connectivity index (χ1v) is 7.87. The van der Waals surface area contributed by atoms with E-state index in [1.807, 2.05) is 0 Å². The fraction of sp³-hybridized carbons (Fsp3) is 0.824. The Morgan fingerprint density at radius 1 is 1.10 bits per heavy atom. The van der Waals surface area contributed by atoms with E-state index in [2.05, 4.69) is 59.1 Å². The highest BCUT2D eigenvalue weighted by atomic mass is 16.1. The standard InChI is InChI=1S/C17H32N2O/c1-8-9-10-12-11-18-15(20)13(16(2,3)4)14(19-12)17(5,6)7/h12,19H,8-11H2,1-7H3,(H,18,20).